The van der Waals surface area contributed by atoms with Gasteiger partial charge in [-0.05, 0) is 95.0 Å². The predicted octanol–water partition coefficient (Wildman–Crippen LogP) is 5.18. The summed E-state index contributed by atoms with van der Waals surface area (Å²) in [7, 11) is 0. The molecule has 1 saturated heterocycles. The Labute approximate surface area is 189 Å². The number of thioether (sulfide) groups is 1. The van der Waals surface area contributed by atoms with Crippen molar-refractivity contribution < 1.29 is 19.1 Å². The number of anilines is 1. The highest BCUT2D eigenvalue weighted by Crippen LogP contribution is 2.45. The van der Waals surface area contributed by atoms with Crippen molar-refractivity contribution in [3.8, 4) is 0 Å². The van der Waals surface area contributed by atoms with E-state index in [2.05, 4.69) is 51.7 Å². The fourth-order valence-electron chi connectivity index (χ4n) is 4.75. The van der Waals surface area contributed by atoms with Gasteiger partial charge in [-0.1, -0.05) is 13.0 Å². The number of imide groups is 1. The molecule has 1 aromatic rings. The SMILES string of the molecule is CC(C)OC(=O)CN1C(=O)S/C(=C/c2ccc3c(c2)[C@@H](C)CC(C)(C)N3C(C)C)C1=O. The lowest BCUT2D eigenvalue weighted by atomic mass is 9.79. The summed E-state index contributed by atoms with van der Waals surface area (Å²) in [5, 5.41) is -0.448. The maximum Gasteiger partial charge on any atom is 0.326 e. The van der Waals surface area contributed by atoms with Crippen LogP contribution in [0.2, 0.25) is 0 Å². The van der Waals surface area contributed by atoms with Crippen LogP contribution in [0.1, 0.15) is 71.9 Å². The average Bonchev–Trinajstić information content (AvgIpc) is 2.88. The fourth-order valence-corrected chi connectivity index (χ4v) is 5.59. The molecule has 2 heterocycles. The molecule has 0 aromatic heterocycles. The van der Waals surface area contributed by atoms with Crippen LogP contribution in [0.15, 0.2) is 23.1 Å². The molecule has 1 fully saturated rings. The van der Waals surface area contributed by atoms with Gasteiger partial charge in [-0.3, -0.25) is 19.3 Å². The lowest BCUT2D eigenvalue weighted by molar-refractivity contribution is -0.149. The van der Waals surface area contributed by atoms with Crippen molar-refractivity contribution in [2.24, 2.45) is 0 Å². The number of ether oxygens (including phenoxy) is 1. The van der Waals surface area contributed by atoms with Crippen LogP contribution in [0, 0.1) is 0 Å². The van der Waals surface area contributed by atoms with Crippen LogP contribution < -0.4 is 4.90 Å². The monoisotopic (exact) mass is 444 g/mol. The van der Waals surface area contributed by atoms with Crippen molar-refractivity contribution >= 4 is 40.6 Å². The van der Waals surface area contributed by atoms with E-state index >= 15 is 0 Å². The molecule has 0 aliphatic carbocycles. The van der Waals surface area contributed by atoms with Gasteiger partial charge in [0.2, 0.25) is 0 Å². The number of hydrogen-bond acceptors (Lipinski definition) is 6. The second-order valence-electron chi connectivity index (χ2n) is 9.51. The smallest absolute Gasteiger partial charge is 0.326 e. The molecular weight excluding hydrogens is 412 g/mol. The third-order valence-electron chi connectivity index (χ3n) is 5.64. The summed E-state index contributed by atoms with van der Waals surface area (Å²) >= 11 is 0.861. The minimum absolute atomic E-state index is 0.0648. The first-order valence-corrected chi connectivity index (χ1v) is 11.6. The molecule has 0 unspecified atom stereocenters. The number of carbonyl (C=O) groups is 3. The summed E-state index contributed by atoms with van der Waals surface area (Å²) in [5.41, 5.74) is 3.42. The van der Waals surface area contributed by atoms with Gasteiger partial charge in [0.15, 0.2) is 0 Å². The van der Waals surface area contributed by atoms with E-state index in [1.807, 2.05) is 6.07 Å². The molecule has 1 atom stereocenters. The normalized spacial score (nSPS) is 22.0. The van der Waals surface area contributed by atoms with Crippen molar-refractivity contribution in [1.29, 1.82) is 0 Å². The highest BCUT2D eigenvalue weighted by molar-refractivity contribution is 8.18. The third-order valence-corrected chi connectivity index (χ3v) is 6.55. The number of amides is 2. The van der Waals surface area contributed by atoms with Crippen LogP contribution in [-0.4, -0.2) is 46.2 Å². The van der Waals surface area contributed by atoms with Crippen molar-refractivity contribution in [2.45, 2.75) is 78.5 Å². The topological polar surface area (TPSA) is 66.9 Å². The molecule has 31 heavy (non-hydrogen) atoms. The molecule has 0 radical (unpaired) electrons. The number of esters is 1. The van der Waals surface area contributed by atoms with Crippen molar-refractivity contribution in [3.63, 3.8) is 0 Å². The van der Waals surface area contributed by atoms with E-state index < -0.39 is 17.1 Å². The van der Waals surface area contributed by atoms with Gasteiger partial charge in [0.25, 0.3) is 11.1 Å². The molecule has 7 heteroatoms. The van der Waals surface area contributed by atoms with Gasteiger partial charge >= 0.3 is 5.97 Å². The second-order valence-corrected chi connectivity index (χ2v) is 10.5. The van der Waals surface area contributed by atoms with Gasteiger partial charge in [0.1, 0.15) is 6.54 Å². The van der Waals surface area contributed by atoms with Gasteiger partial charge in [0.05, 0.1) is 11.0 Å². The standard InChI is InChI=1S/C24H32N2O4S/c1-14(2)26-19-9-8-17(10-18(19)16(5)12-24(26,6)7)11-20-22(28)25(23(29)31-20)13-21(27)30-15(3)4/h8-11,14-16H,12-13H2,1-7H3/b20-11+/t16-/m0/s1. The summed E-state index contributed by atoms with van der Waals surface area (Å²) in [5.74, 6) is -0.654. The molecular formula is C24H32N2O4S. The number of carbonyl (C=O) groups excluding carboxylic acids is 3. The maximum absolute atomic E-state index is 12.7. The Bertz CT molecular complexity index is 936. The van der Waals surface area contributed by atoms with Gasteiger partial charge < -0.3 is 9.64 Å². The van der Waals surface area contributed by atoms with E-state index in [4.69, 9.17) is 4.74 Å². The summed E-state index contributed by atoms with van der Waals surface area (Å²) in [6.45, 7) is 14.3. The average molecular weight is 445 g/mol. The van der Waals surface area contributed by atoms with Crippen LogP contribution in [0.25, 0.3) is 6.08 Å². The van der Waals surface area contributed by atoms with Crippen molar-refractivity contribution in [2.75, 3.05) is 11.4 Å². The third kappa shape index (κ3) is 4.81. The minimum atomic E-state index is -0.586. The molecule has 3 rings (SSSR count). The minimum Gasteiger partial charge on any atom is -0.462 e. The molecule has 1 aromatic carbocycles. The number of rotatable bonds is 5. The first-order chi connectivity index (χ1) is 14.4. The quantitative estimate of drug-likeness (QED) is 0.461. The van der Waals surface area contributed by atoms with Crippen LogP contribution in [0.3, 0.4) is 0 Å². The van der Waals surface area contributed by atoms with Crippen molar-refractivity contribution in [1.82, 2.24) is 4.90 Å². The first kappa shape index (κ1) is 23.4. The van der Waals surface area contributed by atoms with Crippen LogP contribution in [-0.2, 0) is 14.3 Å². The summed E-state index contributed by atoms with van der Waals surface area (Å²) < 4.78 is 5.06. The largest absolute Gasteiger partial charge is 0.462 e. The van der Waals surface area contributed by atoms with E-state index in [0.29, 0.717) is 16.9 Å². The van der Waals surface area contributed by atoms with Gasteiger partial charge in [-0.2, -0.15) is 0 Å². The second kappa shape index (κ2) is 8.69. The lowest BCUT2D eigenvalue weighted by Gasteiger charge is -2.50. The van der Waals surface area contributed by atoms with Crippen LogP contribution in [0.4, 0.5) is 10.5 Å². The number of hydrogen-bond donors (Lipinski definition) is 0. The predicted molar refractivity (Wildman–Crippen MR) is 125 cm³/mol. The summed E-state index contributed by atoms with van der Waals surface area (Å²) in [6.07, 6.45) is 2.48. The molecule has 6 nitrogen and oxygen atoms in total. The first-order valence-electron chi connectivity index (χ1n) is 10.8. The van der Waals surface area contributed by atoms with E-state index in [0.717, 1.165) is 28.6 Å². The highest BCUT2D eigenvalue weighted by Gasteiger charge is 2.39. The summed E-state index contributed by atoms with van der Waals surface area (Å²) in [4.78, 5) is 40.6. The molecule has 2 aliphatic rings. The Morgan fingerprint density at radius 3 is 2.55 bits per heavy atom. The van der Waals surface area contributed by atoms with E-state index in [-0.39, 0.29) is 18.2 Å². The zero-order chi connectivity index (χ0) is 23.1. The Balaban J connectivity index is 1.87. The zero-order valence-electron chi connectivity index (χ0n) is 19.4. The van der Waals surface area contributed by atoms with Crippen LogP contribution in [0.5, 0.6) is 0 Å². The number of nitrogens with zero attached hydrogens (tertiary/aromatic N) is 2. The van der Waals surface area contributed by atoms with E-state index in [1.165, 1.54) is 11.3 Å². The molecule has 2 amide bonds. The number of fused-ring (bicyclic) bond motifs is 1. The fraction of sp³-hybridized carbons (Fsp3) is 0.542. The molecule has 0 bridgehead atoms. The van der Waals surface area contributed by atoms with Crippen LogP contribution >= 0.6 is 11.8 Å². The Morgan fingerprint density at radius 2 is 1.94 bits per heavy atom. The molecule has 168 valence electrons. The molecule has 2 aliphatic heterocycles. The molecule has 0 spiro atoms. The van der Waals surface area contributed by atoms with Crippen molar-refractivity contribution in [3.05, 3.63) is 34.2 Å². The number of benzene rings is 1. The van der Waals surface area contributed by atoms with Gasteiger partial charge in [0, 0.05) is 17.3 Å². The lowest BCUT2D eigenvalue weighted by Crippen LogP contribution is -2.51. The van der Waals surface area contributed by atoms with E-state index in [9.17, 15) is 14.4 Å². The maximum atomic E-state index is 12.7. The van der Waals surface area contributed by atoms with Gasteiger partial charge in [-0.15, -0.1) is 0 Å². The highest BCUT2D eigenvalue weighted by atomic mass is 32.2. The Hall–Kier alpha value is -2.28. The Kier molecular flexibility index (Phi) is 6.56. The summed E-state index contributed by atoms with van der Waals surface area (Å²) in [6, 6.07) is 6.59. The van der Waals surface area contributed by atoms with E-state index in [1.54, 1.807) is 19.9 Å². The molecule has 0 N–H and O–H groups in total. The molecule has 0 saturated carbocycles. The zero-order valence-corrected chi connectivity index (χ0v) is 20.2. The Morgan fingerprint density at radius 1 is 1.26 bits per heavy atom. The van der Waals surface area contributed by atoms with Gasteiger partial charge in [-0.25, -0.2) is 0 Å².